The van der Waals surface area contributed by atoms with E-state index in [4.69, 9.17) is 11.6 Å². The number of nitrogens with zero attached hydrogens (tertiary/aromatic N) is 1. The van der Waals surface area contributed by atoms with Gasteiger partial charge in [0.1, 0.15) is 0 Å². The lowest BCUT2D eigenvalue weighted by atomic mass is 10.0. The molecule has 1 aromatic carbocycles. The first-order valence-electron chi connectivity index (χ1n) is 6.39. The van der Waals surface area contributed by atoms with Crippen molar-refractivity contribution in [3.8, 4) is 0 Å². The Hall–Kier alpha value is -1.55. The molecule has 1 aromatic rings. The molecule has 0 aliphatic carbocycles. The molecule has 0 aromatic heterocycles. The van der Waals surface area contributed by atoms with Gasteiger partial charge in [-0.05, 0) is 25.0 Å². The van der Waals surface area contributed by atoms with Gasteiger partial charge >= 0.3 is 0 Å². The second-order valence-electron chi connectivity index (χ2n) is 4.77. The van der Waals surface area contributed by atoms with Gasteiger partial charge in [0.05, 0.1) is 10.6 Å². The zero-order valence-corrected chi connectivity index (χ0v) is 11.6. The minimum atomic E-state index is -0.0688. The summed E-state index contributed by atoms with van der Waals surface area (Å²) in [6, 6.07) is 7.08. The average Bonchev–Trinajstić information content (AvgIpc) is 2.38. The monoisotopic (exact) mass is 280 g/mol. The van der Waals surface area contributed by atoms with Crippen molar-refractivity contribution in [2.75, 3.05) is 13.1 Å². The fourth-order valence-corrected chi connectivity index (χ4v) is 2.59. The molecule has 1 fully saturated rings. The summed E-state index contributed by atoms with van der Waals surface area (Å²) in [4.78, 5) is 25.2. The fraction of sp³-hybridized carbons (Fsp3) is 0.429. The summed E-state index contributed by atoms with van der Waals surface area (Å²) in [6.07, 6.45) is 1.80. The zero-order valence-electron chi connectivity index (χ0n) is 10.9. The van der Waals surface area contributed by atoms with E-state index in [1.54, 1.807) is 29.2 Å². The van der Waals surface area contributed by atoms with E-state index in [-0.39, 0.29) is 17.9 Å². The maximum atomic E-state index is 12.4. The summed E-state index contributed by atoms with van der Waals surface area (Å²) < 4.78 is 0. The minimum absolute atomic E-state index is 0.0395. The SMILES string of the molecule is CC(=O)NC1CCCN(C(=O)c2ccccc2Cl)C1. The summed E-state index contributed by atoms with van der Waals surface area (Å²) in [6.45, 7) is 2.75. The van der Waals surface area contributed by atoms with Crippen LogP contribution in [-0.2, 0) is 4.79 Å². The van der Waals surface area contributed by atoms with Gasteiger partial charge in [0.25, 0.3) is 5.91 Å². The normalized spacial score (nSPS) is 19.1. The van der Waals surface area contributed by atoms with E-state index in [1.807, 2.05) is 0 Å². The Bertz CT molecular complexity index is 490. The molecular weight excluding hydrogens is 264 g/mol. The average molecular weight is 281 g/mol. The van der Waals surface area contributed by atoms with Crippen molar-refractivity contribution in [1.82, 2.24) is 10.2 Å². The highest BCUT2D eigenvalue weighted by atomic mass is 35.5. The first kappa shape index (κ1) is 13.9. The number of likely N-dealkylation sites (tertiary alicyclic amines) is 1. The molecular formula is C14H17ClN2O2. The molecule has 0 radical (unpaired) electrons. The first-order chi connectivity index (χ1) is 9.08. The third kappa shape index (κ3) is 3.47. The maximum Gasteiger partial charge on any atom is 0.255 e. The number of hydrogen-bond acceptors (Lipinski definition) is 2. The van der Waals surface area contributed by atoms with Gasteiger partial charge in [-0.1, -0.05) is 23.7 Å². The Morgan fingerprint density at radius 3 is 2.79 bits per heavy atom. The highest BCUT2D eigenvalue weighted by Crippen LogP contribution is 2.19. The highest BCUT2D eigenvalue weighted by molar-refractivity contribution is 6.33. The van der Waals surface area contributed by atoms with Crippen LogP contribution < -0.4 is 5.32 Å². The molecule has 1 N–H and O–H groups in total. The largest absolute Gasteiger partial charge is 0.352 e. The Morgan fingerprint density at radius 2 is 2.11 bits per heavy atom. The number of benzene rings is 1. The Balaban J connectivity index is 2.07. The molecule has 1 atom stereocenters. The van der Waals surface area contributed by atoms with E-state index in [0.717, 1.165) is 12.8 Å². The Labute approximate surface area is 117 Å². The van der Waals surface area contributed by atoms with Crippen molar-refractivity contribution in [2.24, 2.45) is 0 Å². The van der Waals surface area contributed by atoms with Crippen molar-refractivity contribution in [1.29, 1.82) is 0 Å². The third-order valence-electron chi connectivity index (χ3n) is 3.22. The number of rotatable bonds is 2. The molecule has 19 heavy (non-hydrogen) atoms. The van der Waals surface area contributed by atoms with E-state index < -0.39 is 0 Å². The second-order valence-corrected chi connectivity index (χ2v) is 5.18. The predicted molar refractivity (Wildman–Crippen MR) is 74.2 cm³/mol. The van der Waals surface area contributed by atoms with Crippen LogP contribution in [0.25, 0.3) is 0 Å². The standard InChI is InChI=1S/C14H17ClN2O2/c1-10(18)16-11-5-4-8-17(9-11)14(19)12-6-2-3-7-13(12)15/h2-3,6-7,11H,4-5,8-9H2,1H3,(H,16,18). The van der Waals surface area contributed by atoms with E-state index in [0.29, 0.717) is 23.7 Å². The highest BCUT2D eigenvalue weighted by Gasteiger charge is 2.25. The van der Waals surface area contributed by atoms with Crippen LogP contribution in [0.3, 0.4) is 0 Å². The van der Waals surface area contributed by atoms with E-state index in [9.17, 15) is 9.59 Å². The molecule has 102 valence electrons. The molecule has 2 amide bonds. The van der Waals surface area contributed by atoms with Gasteiger partial charge in [-0.15, -0.1) is 0 Å². The molecule has 2 rings (SSSR count). The van der Waals surface area contributed by atoms with Crippen molar-refractivity contribution >= 4 is 23.4 Å². The van der Waals surface area contributed by atoms with Gasteiger partial charge in [-0.25, -0.2) is 0 Å². The van der Waals surface area contributed by atoms with Gasteiger partial charge in [0, 0.05) is 26.1 Å². The first-order valence-corrected chi connectivity index (χ1v) is 6.76. The number of amides is 2. The lowest BCUT2D eigenvalue weighted by molar-refractivity contribution is -0.120. The molecule has 1 aliphatic heterocycles. The summed E-state index contributed by atoms with van der Waals surface area (Å²) in [7, 11) is 0. The topological polar surface area (TPSA) is 49.4 Å². The zero-order chi connectivity index (χ0) is 13.8. The minimum Gasteiger partial charge on any atom is -0.352 e. The van der Waals surface area contributed by atoms with Crippen molar-refractivity contribution < 1.29 is 9.59 Å². The second kappa shape index (κ2) is 6.06. The number of piperidine rings is 1. The Morgan fingerprint density at radius 1 is 1.37 bits per heavy atom. The van der Waals surface area contributed by atoms with Gasteiger partial charge < -0.3 is 10.2 Å². The van der Waals surface area contributed by atoms with Gasteiger partial charge in [-0.3, -0.25) is 9.59 Å². The quantitative estimate of drug-likeness (QED) is 0.902. The van der Waals surface area contributed by atoms with Crippen LogP contribution in [0.2, 0.25) is 5.02 Å². The van der Waals surface area contributed by atoms with Crippen LogP contribution in [0.15, 0.2) is 24.3 Å². The predicted octanol–water partition coefficient (Wildman–Crippen LogP) is 2.08. The molecule has 5 heteroatoms. The van der Waals surface area contributed by atoms with Crippen LogP contribution in [0.1, 0.15) is 30.1 Å². The van der Waals surface area contributed by atoms with Crippen LogP contribution in [-0.4, -0.2) is 35.8 Å². The van der Waals surface area contributed by atoms with E-state index in [1.165, 1.54) is 6.92 Å². The van der Waals surface area contributed by atoms with Crippen molar-refractivity contribution in [2.45, 2.75) is 25.8 Å². The van der Waals surface area contributed by atoms with Gasteiger partial charge in [0.2, 0.25) is 5.91 Å². The van der Waals surface area contributed by atoms with Crippen LogP contribution in [0.4, 0.5) is 0 Å². The summed E-state index contributed by atoms with van der Waals surface area (Å²) in [5.41, 5.74) is 0.521. The third-order valence-corrected chi connectivity index (χ3v) is 3.55. The lowest BCUT2D eigenvalue weighted by Gasteiger charge is -2.33. The van der Waals surface area contributed by atoms with Crippen molar-refractivity contribution in [3.05, 3.63) is 34.9 Å². The lowest BCUT2D eigenvalue weighted by Crippen LogP contribution is -2.49. The Kier molecular flexibility index (Phi) is 4.43. The van der Waals surface area contributed by atoms with Gasteiger partial charge in [0.15, 0.2) is 0 Å². The van der Waals surface area contributed by atoms with Gasteiger partial charge in [-0.2, -0.15) is 0 Å². The molecule has 1 unspecified atom stereocenters. The number of nitrogens with one attached hydrogen (secondary N) is 1. The smallest absolute Gasteiger partial charge is 0.255 e. The fourth-order valence-electron chi connectivity index (χ4n) is 2.37. The van der Waals surface area contributed by atoms with Crippen LogP contribution >= 0.6 is 11.6 Å². The molecule has 4 nitrogen and oxygen atoms in total. The molecule has 0 bridgehead atoms. The van der Waals surface area contributed by atoms with Crippen molar-refractivity contribution in [3.63, 3.8) is 0 Å². The number of hydrogen-bond donors (Lipinski definition) is 1. The van der Waals surface area contributed by atoms with E-state index in [2.05, 4.69) is 5.32 Å². The summed E-state index contributed by atoms with van der Waals surface area (Å²) in [5.74, 6) is -0.127. The molecule has 1 aliphatic rings. The number of carbonyl (C=O) groups excluding carboxylic acids is 2. The molecule has 0 saturated carbocycles. The van der Waals surface area contributed by atoms with Crippen LogP contribution in [0, 0.1) is 0 Å². The maximum absolute atomic E-state index is 12.4. The van der Waals surface area contributed by atoms with Crippen LogP contribution in [0.5, 0.6) is 0 Å². The molecule has 1 heterocycles. The summed E-state index contributed by atoms with van der Waals surface area (Å²) >= 11 is 6.04. The molecule has 0 spiro atoms. The molecule has 1 saturated heterocycles. The summed E-state index contributed by atoms with van der Waals surface area (Å²) in [5, 5.41) is 3.33. The number of carbonyl (C=O) groups is 2. The number of halogens is 1. The van der Waals surface area contributed by atoms with E-state index >= 15 is 0 Å².